The summed E-state index contributed by atoms with van der Waals surface area (Å²) in [6.07, 6.45) is 2.89. The smallest absolute Gasteiger partial charge is 0.229 e. The van der Waals surface area contributed by atoms with E-state index in [0.29, 0.717) is 30.2 Å². The van der Waals surface area contributed by atoms with Crippen LogP contribution in [0.3, 0.4) is 0 Å². The van der Waals surface area contributed by atoms with E-state index in [4.69, 9.17) is 4.74 Å². The number of pyridine rings is 1. The molecule has 0 aliphatic carbocycles. The van der Waals surface area contributed by atoms with Crippen molar-refractivity contribution >= 4 is 17.5 Å². The first-order valence-electron chi connectivity index (χ1n) is 11.9. The Balaban J connectivity index is 1.37. The molecule has 10 heteroatoms. The number of hydrogen-bond donors (Lipinski definition) is 2. The predicted molar refractivity (Wildman–Crippen MR) is 131 cm³/mol. The Morgan fingerprint density at radius 3 is 2.63 bits per heavy atom. The normalized spacial score (nSPS) is 16.2. The van der Waals surface area contributed by atoms with E-state index < -0.39 is 11.6 Å². The van der Waals surface area contributed by atoms with Crippen LogP contribution in [0.4, 0.5) is 26.2 Å². The van der Waals surface area contributed by atoms with Crippen LogP contribution < -0.4 is 20.3 Å². The van der Waals surface area contributed by atoms with E-state index in [-0.39, 0.29) is 23.4 Å². The average molecular weight is 482 g/mol. The number of aromatic nitrogens is 3. The standard InChI is InChI=1S/C25H29F2N7O/c1-16(2)34-9-10-35-24-19(26)11-18(12-21(24)34)23-20(27)14-30-25(32-23)31-22-4-3-17(13-29-22)15-33-7-5-28-6-8-33/h3-4,11-14,16,28H,5-10,15H2,1-2H3,(H,29,30,31,32). The van der Waals surface area contributed by atoms with E-state index in [9.17, 15) is 8.78 Å². The molecule has 184 valence electrons. The van der Waals surface area contributed by atoms with Gasteiger partial charge in [-0.25, -0.2) is 23.7 Å². The van der Waals surface area contributed by atoms with Gasteiger partial charge in [-0.3, -0.25) is 4.90 Å². The maximum Gasteiger partial charge on any atom is 0.229 e. The molecular formula is C25H29F2N7O. The number of fused-ring (bicyclic) bond motifs is 1. The predicted octanol–water partition coefficient (Wildman–Crippen LogP) is 3.57. The van der Waals surface area contributed by atoms with Crippen molar-refractivity contribution < 1.29 is 13.5 Å². The number of anilines is 3. The Hall–Kier alpha value is -3.37. The third-order valence-corrected chi connectivity index (χ3v) is 6.23. The fourth-order valence-electron chi connectivity index (χ4n) is 4.44. The van der Waals surface area contributed by atoms with Crippen molar-refractivity contribution in [3.63, 3.8) is 0 Å². The molecule has 0 radical (unpaired) electrons. The zero-order valence-electron chi connectivity index (χ0n) is 19.9. The zero-order valence-corrected chi connectivity index (χ0v) is 19.9. The third kappa shape index (κ3) is 5.18. The monoisotopic (exact) mass is 481 g/mol. The van der Waals surface area contributed by atoms with Crippen LogP contribution in [0, 0.1) is 11.6 Å². The summed E-state index contributed by atoms with van der Waals surface area (Å²) in [5.41, 5.74) is 2.03. The molecule has 2 aliphatic heterocycles. The van der Waals surface area contributed by atoms with E-state index in [1.165, 1.54) is 6.07 Å². The summed E-state index contributed by atoms with van der Waals surface area (Å²) in [6, 6.07) is 6.96. The van der Waals surface area contributed by atoms with E-state index in [1.807, 2.05) is 37.1 Å². The molecule has 0 amide bonds. The van der Waals surface area contributed by atoms with Gasteiger partial charge in [0.25, 0.3) is 0 Å². The summed E-state index contributed by atoms with van der Waals surface area (Å²) in [4.78, 5) is 17.2. The van der Waals surface area contributed by atoms with Crippen molar-refractivity contribution in [2.75, 3.05) is 49.5 Å². The Morgan fingerprint density at radius 2 is 1.89 bits per heavy atom. The number of rotatable bonds is 6. The first-order chi connectivity index (χ1) is 17.0. The van der Waals surface area contributed by atoms with Crippen molar-refractivity contribution in [3.05, 3.63) is 53.9 Å². The number of hydrogen-bond acceptors (Lipinski definition) is 8. The molecule has 0 unspecified atom stereocenters. The van der Waals surface area contributed by atoms with Gasteiger partial charge in [0.05, 0.1) is 18.4 Å². The fourth-order valence-corrected chi connectivity index (χ4v) is 4.44. The van der Waals surface area contributed by atoms with E-state index in [0.717, 1.165) is 44.5 Å². The molecule has 1 saturated heterocycles. The minimum atomic E-state index is -0.637. The van der Waals surface area contributed by atoms with Gasteiger partial charge in [0.1, 0.15) is 18.1 Å². The maximum atomic E-state index is 14.9. The average Bonchev–Trinajstić information content (AvgIpc) is 2.86. The minimum absolute atomic E-state index is 0.00816. The lowest BCUT2D eigenvalue weighted by Crippen LogP contribution is -2.42. The van der Waals surface area contributed by atoms with Gasteiger partial charge < -0.3 is 20.3 Å². The molecular weight excluding hydrogens is 452 g/mol. The first-order valence-corrected chi connectivity index (χ1v) is 11.9. The lowest BCUT2D eigenvalue weighted by Gasteiger charge is -2.34. The number of ether oxygens (including phenoxy) is 1. The van der Waals surface area contributed by atoms with Crippen LogP contribution in [0.2, 0.25) is 0 Å². The van der Waals surface area contributed by atoms with Crippen LogP contribution in [0.1, 0.15) is 19.4 Å². The molecule has 3 aromatic rings. The van der Waals surface area contributed by atoms with E-state index in [2.05, 4.69) is 30.5 Å². The summed E-state index contributed by atoms with van der Waals surface area (Å²) < 4.78 is 35.2. The topological polar surface area (TPSA) is 78.4 Å². The summed E-state index contributed by atoms with van der Waals surface area (Å²) >= 11 is 0. The number of halogens is 2. The quantitative estimate of drug-likeness (QED) is 0.553. The van der Waals surface area contributed by atoms with Gasteiger partial charge in [-0.05, 0) is 37.6 Å². The summed E-state index contributed by atoms with van der Waals surface area (Å²) in [7, 11) is 0. The molecule has 2 aliphatic rings. The molecule has 0 saturated carbocycles. The van der Waals surface area contributed by atoms with Crippen molar-refractivity contribution in [2.24, 2.45) is 0 Å². The van der Waals surface area contributed by atoms with E-state index in [1.54, 1.807) is 6.07 Å². The SMILES string of the molecule is CC(C)N1CCOc2c(F)cc(-c3nc(Nc4ccc(CN5CCNCC5)cn4)ncc3F)cc21. The van der Waals surface area contributed by atoms with Crippen LogP contribution in [0.5, 0.6) is 5.75 Å². The molecule has 1 aromatic carbocycles. The lowest BCUT2D eigenvalue weighted by atomic mass is 10.1. The second-order valence-corrected chi connectivity index (χ2v) is 9.03. The molecule has 1 fully saturated rings. The van der Waals surface area contributed by atoms with Gasteiger partial charge in [0.15, 0.2) is 17.4 Å². The second kappa shape index (κ2) is 10.1. The Kier molecular flexibility index (Phi) is 6.74. The lowest BCUT2D eigenvalue weighted by molar-refractivity contribution is 0.233. The second-order valence-electron chi connectivity index (χ2n) is 9.03. The van der Waals surface area contributed by atoms with Gasteiger partial charge in [-0.15, -0.1) is 0 Å². The fraction of sp³-hybridized carbons (Fsp3) is 0.400. The molecule has 0 spiro atoms. The molecule has 5 rings (SSSR count). The van der Waals surface area contributed by atoms with Crippen LogP contribution in [0.25, 0.3) is 11.3 Å². The summed E-state index contributed by atoms with van der Waals surface area (Å²) in [5, 5.41) is 6.37. The Labute approximate surface area is 203 Å². The number of nitrogens with one attached hydrogen (secondary N) is 2. The van der Waals surface area contributed by atoms with Crippen molar-refractivity contribution in [3.8, 4) is 17.0 Å². The van der Waals surface area contributed by atoms with Gasteiger partial charge in [0.2, 0.25) is 5.95 Å². The number of benzene rings is 1. The maximum absolute atomic E-state index is 14.9. The number of piperazine rings is 1. The highest BCUT2D eigenvalue weighted by Crippen LogP contribution is 2.39. The highest BCUT2D eigenvalue weighted by molar-refractivity contribution is 5.73. The minimum Gasteiger partial charge on any atom is -0.486 e. The van der Waals surface area contributed by atoms with Crippen molar-refractivity contribution in [2.45, 2.75) is 26.4 Å². The number of nitrogens with zero attached hydrogens (tertiary/aromatic N) is 5. The van der Waals surface area contributed by atoms with Crippen LogP contribution in [-0.2, 0) is 6.54 Å². The van der Waals surface area contributed by atoms with Crippen molar-refractivity contribution in [1.29, 1.82) is 0 Å². The molecule has 0 bridgehead atoms. The first kappa shape index (κ1) is 23.4. The van der Waals surface area contributed by atoms with Gasteiger partial charge in [-0.2, -0.15) is 0 Å². The summed E-state index contributed by atoms with van der Waals surface area (Å²) in [6.45, 7) is 9.92. The third-order valence-electron chi connectivity index (χ3n) is 6.23. The van der Waals surface area contributed by atoms with Crippen LogP contribution in [0.15, 0.2) is 36.7 Å². The largest absolute Gasteiger partial charge is 0.486 e. The molecule has 4 heterocycles. The highest BCUT2D eigenvalue weighted by atomic mass is 19.1. The molecule has 8 nitrogen and oxygen atoms in total. The molecule has 2 N–H and O–H groups in total. The van der Waals surface area contributed by atoms with Crippen LogP contribution >= 0.6 is 0 Å². The van der Waals surface area contributed by atoms with Gasteiger partial charge in [-0.1, -0.05) is 6.07 Å². The highest BCUT2D eigenvalue weighted by Gasteiger charge is 2.25. The zero-order chi connectivity index (χ0) is 24.4. The van der Waals surface area contributed by atoms with Gasteiger partial charge >= 0.3 is 0 Å². The van der Waals surface area contributed by atoms with Crippen molar-refractivity contribution in [1.82, 2.24) is 25.2 Å². The Bertz CT molecular complexity index is 1180. The van der Waals surface area contributed by atoms with E-state index >= 15 is 0 Å². The molecule has 35 heavy (non-hydrogen) atoms. The molecule has 2 aromatic heterocycles. The van der Waals surface area contributed by atoms with Crippen LogP contribution in [-0.4, -0.2) is 65.2 Å². The van der Waals surface area contributed by atoms with Gasteiger partial charge in [0, 0.05) is 50.5 Å². The Morgan fingerprint density at radius 1 is 1.06 bits per heavy atom. The molecule has 0 atom stereocenters. The summed E-state index contributed by atoms with van der Waals surface area (Å²) in [5.74, 6) is -0.271.